The monoisotopic (exact) mass is 339 g/mol. The number of rotatable bonds is 5. The van der Waals surface area contributed by atoms with Crippen molar-refractivity contribution in [1.82, 2.24) is 10.1 Å². The van der Waals surface area contributed by atoms with Crippen molar-refractivity contribution >= 4 is 21.6 Å². The van der Waals surface area contributed by atoms with Crippen molar-refractivity contribution in [3.8, 4) is 11.5 Å². The molecule has 2 N–H and O–H groups in total. The van der Waals surface area contributed by atoms with Gasteiger partial charge in [-0.15, -0.1) is 0 Å². The summed E-state index contributed by atoms with van der Waals surface area (Å²) < 4.78 is 12.0. The van der Waals surface area contributed by atoms with Crippen LogP contribution in [0.2, 0.25) is 0 Å². The van der Waals surface area contributed by atoms with Crippen molar-refractivity contribution < 1.29 is 9.26 Å². The Bertz CT molecular complexity index is 580. The van der Waals surface area contributed by atoms with E-state index in [0.717, 1.165) is 16.5 Å². The average molecular weight is 340 g/mol. The zero-order valence-corrected chi connectivity index (χ0v) is 13.4. The largest absolute Gasteiger partial charge is 0.399 e. The van der Waals surface area contributed by atoms with Crippen LogP contribution >= 0.6 is 15.9 Å². The molecule has 2 aromatic rings. The number of nitrogens with zero attached hydrogens (tertiary/aromatic N) is 2. The van der Waals surface area contributed by atoms with Crippen LogP contribution in [0.1, 0.15) is 33.0 Å². The van der Waals surface area contributed by atoms with E-state index in [1.165, 1.54) is 0 Å². The van der Waals surface area contributed by atoms with Gasteiger partial charge in [0, 0.05) is 22.3 Å². The number of ether oxygens (including phenoxy) is 1. The summed E-state index contributed by atoms with van der Waals surface area (Å²) in [6.45, 7) is 6.53. The third-order valence-corrected chi connectivity index (χ3v) is 3.66. The summed E-state index contributed by atoms with van der Waals surface area (Å²) in [6.07, 6.45) is 0.764. The van der Waals surface area contributed by atoms with Crippen LogP contribution in [0.25, 0.3) is 11.5 Å². The summed E-state index contributed by atoms with van der Waals surface area (Å²) in [6, 6.07) is 5.50. The van der Waals surface area contributed by atoms with Crippen molar-refractivity contribution in [2.24, 2.45) is 0 Å². The van der Waals surface area contributed by atoms with Crippen LogP contribution in [-0.4, -0.2) is 16.7 Å². The fraction of sp³-hybridized carbons (Fsp3) is 0.429. The van der Waals surface area contributed by atoms with E-state index in [1.807, 2.05) is 32.9 Å². The van der Waals surface area contributed by atoms with Gasteiger partial charge in [0.1, 0.15) is 5.60 Å². The maximum Gasteiger partial charge on any atom is 0.258 e. The number of benzene rings is 1. The van der Waals surface area contributed by atoms with E-state index in [0.29, 0.717) is 24.0 Å². The molecule has 6 heteroatoms. The topological polar surface area (TPSA) is 74.2 Å². The summed E-state index contributed by atoms with van der Waals surface area (Å²) in [5, 5.41) is 4.05. The highest BCUT2D eigenvalue weighted by atomic mass is 79.9. The van der Waals surface area contributed by atoms with Gasteiger partial charge in [-0.05, 0) is 38.5 Å². The zero-order chi connectivity index (χ0) is 14.8. The first-order valence-electron chi connectivity index (χ1n) is 6.53. The van der Waals surface area contributed by atoms with Crippen molar-refractivity contribution in [1.29, 1.82) is 0 Å². The SMILES string of the molecule is CCOC(C)(CC)c1noc(-c2cc(N)cc(Br)c2)n1. The molecule has 0 aliphatic rings. The summed E-state index contributed by atoms with van der Waals surface area (Å²) in [5.74, 6) is 0.989. The average Bonchev–Trinajstić information content (AvgIpc) is 2.88. The van der Waals surface area contributed by atoms with Crippen LogP contribution in [0.15, 0.2) is 27.2 Å². The van der Waals surface area contributed by atoms with Crippen LogP contribution in [0.5, 0.6) is 0 Å². The smallest absolute Gasteiger partial charge is 0.258 e. The van der Waals surface area contributed by atoms with Crippen LogP contribution in [0, 0.1) is 0 Å². The standard InChI is InChI=1S/C14H18BrN3O2/c1-4-14(3,19-5-2)13-17-12(20-18-13)9-6-10(15)8-11(16)7-9/h6-8H,4-5,16H2,1-3H3. The van der Waals surface area contributed by atoms with Gasteiger partial charge >= 0.3 is 0 Å². The molecule has 20 heavy (non-hydrogen) atoms. The van der Waals surface area contributed by atoms with Gasteiger partial charge in [0.05, 0.1) is 0 Å². The second kappa shape index (κ2) is 5.93. The Labute approximate surface area is 126 Å². The number of nitrogens with two attached hydrogens (primary N) is 1. The van der Waals surface area contributed by atoms with Crippen LogP contribution < -0.4 is 5.73 Å². The zero-order valence-electron chi connectivity index (χ0n) is 11.8. The second-order valence-electron chi connectivity index (χ2n) is 4.71. The van der Waals surface area contributed by atoms with E-state index in [2.05, 4.69) is 26.1 Å². The van der Waals surface area contributed by atoms with Crippen molar-refractivity contribution in [3.63, 3.8) is 0 Å². The maximum absolute atomic E-state index is 5.82. The molecule has 0 aliphatic heterocycles. The number of hydrogen-bond donors (Lipinski definition) is 1. The molecule has 1 aromatic carbocycles. The number of nitrogen functional groups attached to an aromatic ring is 1. The first-order valence-corrected chi connectivity index (χ1v) is 7.32. The molecule has 1 aromatic heterocycles. The predicted molar refractivity (Wildman–Crippen MR) is 81.1 cm³/mol. The highest BCUT2D eigenvalue weighted by molar-refractivity contribution is 9.10. The molecule has 0 saturated heterocycles. The first kappa shape index (κ1) is 15.0. The Balaban J connectivity index is 2.37. The van der Waals surface area contributed by atoms with E-state index in [4.69, 9.17) is 15.0 Å². The molecule has 2 rings (SSSR count). The lowest BCUT2D eigenvalue weighted by molar-refractivity contribution is -0.0403. The quantitative estimate of drug-likeness (QED) is 0.839. The van der Waals surface area contributed by atoms with Gasteiger partial charge in [0.15, 0.2) is 0 Å². The van der Waals surface area contributed by atoms with E-state index in [1.54, 1.807) is 6.07 Å². The highest BCUT2D eigenvalue weighted by Crippen LogP contribution is 2.30. The van der Waals surface area contributed by atoms with Crippen molar-refractivity contribution in [2.75, 3.05) is 12.3 Å². The molecule has 5 nitrogen and oxygen atoms in total. The minimum atomic E-state index is -0.534. The number of halogens is 1. The van der Waals surface area contributed by atoms with Crippen molar-refractivity contribution in [3.05, 3.63) is 28.5 Å². The van der Waals surface area contributed by atoms with Crippen LogP contribution in [0.4, 0.5) is 5.69 Å². The molecule has 0 fully saturated rings. The third kappa shape index (κ3) is 3.02. The number of aromatic nitrogens is 2. The molecule has 0 radical (unpaired) electrons. The molecule has 0 amide bonds. The van der Waals surface area contributed by atoms with Gasteiger partial charge < -0.3 is 15.0 Å². The molecular formula is C14H18BrN3O2. The number of anilines is 1. The fourth-order valence-electron chi connectivity index (χ4n) is 1.93. The van der Waals surface area contributed by atoms with Crippen molar-refractivity contribution in [2.45, 2.75) is 32.8 Å². The minimum Gasteiger partial charge on any atom is -0.399 e. The van der Waals surface area contributed by atoms with E-state index < -0.39 is 5.60 Å². The lowest BCUT2D eigenvalue weighted by Gasteiger charge is -2.23. The highest BCUT2D eigenvalue weighted by Gasteiger charge is 2.31. The van der Waals surface area contributed by atoms with Gasteiger partial charge in [-0.25, -0.2) is 0 Å². The Kier molecular flexibility index (Phi) is 4.45. The second-order valence-corrected chi connectivity index (χ2v) is 5.63. The summed E-state index contributed by atoms with van der Waals surface area (Å²) >= 11 is 3.40. The lowest BCUT2D eigenvalue weighted by atomic mass is 10.0. The Morgan fingerprint density at radius 2 is 2.10 bits per heavy atom. The molecule has 0 spiro atoms. The predicted octanol–water partition coefficient (Wildman–Crippen LogP) is 3.74. The Hall–Kier alpha value is -1.40. The van der Waals surface area contributed by atoms with E-state index in [-0.39, 0.29) is 0 Å². The minimum absolute atomic E-state index is 0.437. The molecule has 1 heterocycles. The summed E-state index contributed by atoms with van der Waals surface area (Å²) in [4.78, 5) is 4.45. The molecule has 0 saturated carbocycles. The molecule has 0 bridgehead atoms. The summed E-state index contributed by atoms with van der Waals surface area (Å²) in [7, 11) is 0. The first-order chi connectivity index (χ1) is 9.48. The fourth-order valence-corrected chi connectivity index (χ4v) is 2.45. The number of hydrogen-bond acceptors (Lipinski definition) is 5. The van der Waals surface area contributed by atoms with Gasteiger partial charge in [0.2, 0.25) is 5.82 Å². The van der Waals surface area contributed by atoms with Gasteiger partial charge in [-0.3, -0.25) is 0 Å². The van der Waals surface area contributed by atoms with Gasteiger partial charge in [0.25, 0.3) is 5.89 Å². The Morgan fingerprint density at radius 1 is 1.35 bits per heavy atom. The molecule has 108 valence electrons. The van der Waals surface area contributed by atoms with Crippen LogP contribution in [-0.2, 0) is 10.3 Å². The molecule has 1 unspecified atom stereocenters. The lowest BCUT2D eigenvalue weighted by Crippen LogP contribution is -2.26. The van der Waals surface area contributed by atoms with Gasteiger partial charge in [-0.1, -0.05) is 28.0 Å². The molecule has 0 aliphatic carbocycles. The Morgan fingerprint density at radius 3 is 2.70 bits per heavy atom. The third-order valence-electron chi connectivity index (χ3n) is 3.20. The van der Waals surface area contributed by atoms with Crippen LogP contribution in [0.3, 0.4) is 0 Å². The molecule has 1 atom stereocenters. The van der Waals surface area contributed by atoms with Gasteiger partial charge in [-0.2, -0.15) is 4.98 Å². The molecular weight excluding hydrogens is 322 g/mol. The van der Waals surface area contributed by atoms with E-state index >= 15 is 0 Å². The van der Waals surface area contributed by atoms with E-state index in [9.17, 15) is 0 Å². The normalized spacial score (nSPS) is 14.2. The maximum atomic E-state index is 5.82. The summed E-state index contributed by atoms with van der Waals surface area (Å²) in [5.41, 5.74) is 6.70.